The molecular formula is C16H23NO7. The summed E-state index contributed by atoms with van der Waals surface area (Å²) in [5.74, 6) is -0.640. The molecule has 0 spiro atoms. The van der Waals surface area contributed by atoms with E-state index in [0.29, 0.717) is 11.5 Å². The van der Waals surface area contributed by atoms with E-state index in [0.717, 1.165) is 0 Å². The highest BCUT2D eigenvalue weighted by molar-refractivity contribution is 5.81. The van der Waals surface area contributed by atoms with Crippen molar-refractivity contribution in [1.82, 2.24) is 5.32 Å². The highest BCUT2D eigenvalue weighted by Gasteiger charge is 2.31. The maximum Gasteiger partial charge on any atom is 0.408 e. The molecule has 8 nitrogen and oxygen atoms in total. The first-order chi connectivity index (χ1) is 11.1. The van der Waals surface area contributed by atoms with Gasteiger partial charge in [-0.3, -0.25) is 0 Å². The van der Waals surface area contributed by atoms with Gasteiger partial charge >= 0.3 is 12.1 Å². The molecule has 8 heteroatoms. The predicted octanol–water partition coefficient (Wildman–Crippen LogP) is 1.72. The highest BCUT2D eigenvalue weighted by Crippen LogP contribution is 2.31. The van der Waals surface area contributed by atoms with Crippen molar-refractivity contribution in [3.05, 3.63) is 23.8 Å². The minimum absolute atomic E-state index is 0.246. The molecule has 0 aliphatic rings. The third kappa shape index (κ3) is 5.31. The molecule has 2 atom stereocenters. The minimum Gasteiger partial charge on any atom is -0.493 e. The van der Waals surface area contributed by atoms with Gasteiger partial charge in [-0.25, -0.2) is 9.59 Å². The zero-order valence-corrected chi connectivity index (χ0v) is 14.3. The second-order valence-electron chi connectivity index (χ2n) is 6.02. The monoisotopic (exact) mass is 341 g/mol. The molecule has 0 saturated carbocycles. The largest absolute Gasteiger partial charge is 0.493 e. The lowest BCUT2D eigenvalue weighted by atomic mass is 10.0. The van der Waals surface area contributed by atoms with Crippen molar-refractivity contribution in [2.45, 2.75) is 38.5 Å². The number of benzene rings is 1. The molecule has 1 rings (SSSR count). The summed E-state index contributed by atoms with van der Waals surface area (Å²) in [4.78, 5) is 23.2. The van der Waals surface area contributed by atoms with E-state index in [1.807, 2.05) is 0 Å². The lowest BCUT2D eigenvalue weighted by Gasteiger charge is -2.24. The quantitative estimate of drug-likeness (QED) is 0.721. The van der Waals surface area contributed by atoms with Crippen molar-refractivity contribution in [3.63, 3.8) is 0 Å². The first-order valence-electron chi connectivity index (χ1n) is 7.21. The molecule has 0 radical (unpaired) electrons. The van der Waals surface area contributed by atoms with Crippen LogP contribution in [0.4, 0.5) is 4.79 Å². The lowest BCUT2D eigenvalue weighted by molar-refractivity contribution is -0.142. The predicted molar refractivity (Wildman–Crippen MR) is 85.3 cm³/mol. The number of ether oxygens (including phenoxy) is 3. The SMILES string of the molecule is COc1ccc([C@H](O)[C@@H](NC(=O)OC(C)(C)C)C(=O)O)cc1OC. The molecule has 0 unspecified atom stereocenters. The number of aliphatic hydroxyl groups excluding tert-OH is 1. The smallest absolute Gasteiger partial charge is 0.408 e. The number of methoxy groups -OCH3 is 2. The van der Waals surface area contributed by atoms with Crippen molar-refractivity contribution < 1.29 is 34.0 Å². The van der Waals surface area contributed by atoms with Crippen LogP contribution in [-0.4, -0.2) is 48.1 Å². The van der Waals surface area contributed by atoms with Crippen molar-refractivity contribution in [2.75, 3.05) is 14.2 Å². The van der Waals surface area contributed by atoms with E-state index in [1.54, 1.807) is 20.8 Å². The molecule has 0 aliphatic carbocycles. The normalized spacial score (nSPS) is 13.6. The Hall–Kier alpha value is -2.48. The second kappa shape index (κ2) is 7.87. The number of hydrogen-bond acceptors (Lipinski definition) is 6. The van der Waals surface area contributed by atoms with Gasteiger partial charge in [-0.1, -0.05) is 6.07 Å². The summed E-state index contributed by atoms with van der Waals surface area (Å²) < 4.78 is 15.2. The summed E-state index contributed by atoms with van der Waals surface area (Å²) in [5.41, 5.74) is -0.544. The topological polar surface area (TPSA) is 114 Å². The van der Waals surface area contributed by atoms with Crippen LogP contribution in [0.2, 0.25) is 0 Å². The standard InChI is InChI=1S/C16H23NO7/c1-16(2,3)24-15(21)17-12(14(19)20)13(18)9-6-7-10(22-4)11(8-9)23-5/h6-8,12-13,18H,1-5H3,(H,17,21)(H,19,20)/t12-,13+/m1/s1. The Morgan fingerprint density at radius 3 is 2.17 bits per heavy atom. The summed E-state index contributed by atoms with van der Waals surface area (Å²) >= 11 is 0. The summed E-state index contributed by atoms with van der Waals surface area (Å²) in [7, 11) is 2.87. The van der Waals surface area contributed by atoms with Crippen LogP contribution in [0.25, 0.3) is 0 Å². The fourth-order valence-corrected chi connectivity index (χ4v) is 1.94. The maximum absolute atomic E-state index is 11.8. The number of alkyl carbamates (subject to hydrolysis) is 1. The van der Waals surface area contributed by atoms with Crippen LogP contribution in [0.1, 0.15) is 32.4 Å². The Morgan fingerprint density at radius 1 is 1.12 bits per heavy atom. The number of rotatable bonds is 6. The number of nitrogens with one attached hydrogen (secondary N) is 1. The van der Waals surface area contributed by atoms with Gasteiger partial charge in [0.25, 0.3) is 0 Å². The van der Waals surface area contributed by atoms with Gasteiger partial charge in [0.15, 0.2) is 17.5 Å². The number of carboxylic acids is 1. The van der Waals surface area contributed by atoms with Crippen LogP contribution in [0.15, 0.2) is 18.2 Å². The molecule has 24 heavy (non-hydrogen) atoms. The summed E-state index contributed by atoms with van der Waals surface area (Å²) in [6.45, 7) is 4.94. The van der Waals surface area contributed by atoms with E-state index >= 15 is 0 Å². The number of aliphatic carboxylic acids is 1. The van der Waals surface area contributed by atoms with Crippen LogP contribution >= 0.6 is 0 Å². The van der Waals surface area contributed by atoms with Crippen molar-refractivity contribution in [3.8, 4) is 11.5 Å². The summed E-state index contributed by atoms with van der Waals surface area (Å²) in [6.07, 6.45) is -2.44. The second-order valence-corrected chi connectivity index (χ2v) is 6.02. The Balaban J connectivity index is 3.00. The first kappa shape index (κ1) is 19.6. The molecule has 1 aromatic rings. The van der Waals surface area contributed by atoms with Gasteiger partial charge in [-0.2, -0.15) is 0 Å². The summed E-state index contributed by atoms with van der Waals surface area (Å²) in [6, 6.07) is 2.87. The molecule has 1 amide bonds. The average Bonchev–Trinajstić information content (AvgIpc) is 2.49. The van der Waals surface area contributed by atoms with E-state index in [2.05, 4.69) is 5.32 Å². The first-order valence-corrected chi connectivity index (χ1v) is 7.21. The number of aliphatic hydroxyl groups is 1. The molecule has 0 fully saturated rings. The molecule has 3 N–H and O–H groups in total. The van der Waals surface area contributed by atoms with E-state index in [4.69, 9.17) is 14.2 Å². The van der Waals surface area contributed by atoms with Gasteiger partial charge in [-0.15, -0.1) is 0 Å². The summed E-state index contributed by atoms with van der Waals surface area (Å²) in [5, 5.41) is 21.8. The molecular weight excluding hydrogens is 318 g/mol. The van der Waals surface area contributed by atoms with E-state index < -0.39 is 29.8 Å². The number of carbonyl (C=O) groups excluding carboxylic acids is 1. The fourth-order valence-electron chi connectivity index (χ4n) is 1.94. The fraction of sp³-hybridized carbons (Fsp3) is 0.500. The lowest BCUT2D eigenvalue weighted by Crippen LogP contribution is -2.46. The van der Waals surface area contributed by atoms with Crippen molar-refractivity contribution >= 4 is 12.1 Å². The molecule has 0 aromatic heterocycles. The number of carboxylic acid groups (broad SMARTS) is 1. The minimum atomic E-state index is -1.59. The van der Waals surface area contributed by atoms with Gasteiger partial charge in [0.1, 0.15) is 11.7 Å². The Morgan fingerprint density at radius 2 is 1.71 bits per heavy atom. The van der Waals surface area contributed by atoms with E-state index in [1.165, 1.54) is 32.4 Å². The molecule has 0 heterocycles. The molecule has 134 valence electrons. The molecule has 0 aliphatic heterocycles. The Labute approximate surface area is 140 Å². The van der Waals surface area contributed by atoms with E-state index in [-0.39, 0.29) is 5.56 Å². The van der Waals surface area contributed by atoms with Gasteiger partial charge in [0.05, 0.1) is 14.2 Å². The number of hydrogen-bond donors (Lipinski definition) is 3. The molecule has 0 saturated heterocycles. The van der Waals surface area contributed by atoms with Crippen LogP contribution in [-0.2, 0) is 9.53 Å². The van der Waals surface area contributed by atoms with E-state index in [9.17, 15) is 19.8 Å². The zero-order chi connectivity index (χ0) is 18.5. The number of carbonyl (C=O) groups is 2. The zero-order valence-electron chi connectivity index (χ0n) is 14.3. The van der Waals surface area contributed by atoms with Crippen LogP contribution < -0.4 is 14.8 Å². The Kier molecular flexibility index (Phi) is 6.42. The van der Waals surface area contributed by atoms with Crippen molar-refractivity contribution in [2.24, 2.45) is 0 Å². The van der Waals surface area contributed by atoms with Crippen LogP contribution in [0.3, 0.4) is 0 Å². The highest BCUT2D eigenvalue weighted by atomic mass is 16.6. The number of amides is 1. The third-order valence-electron chi connectivity index (χ3n) is 3.00. The van der Waals surface area contributed by atoms with Crippen LogP contribution in [0, 0.1) is 0 Å². The molecule has 0 bridgehead atoms. The van der Waals surface area contributed by atoms with Gasteiger partial charge in [-0.05, 0) is 38.5 Å². The van der Waals surface area contributed by atoms with Crippen LogP contribution in [0.5, 0.6) is 11.5 Å². The van der Waals surface area contributed by atoms with Gasteiger partial charge in [0, 0.05) is 0 Å². The van der Waals surface area contributed by atoms with Crippen molar-refractivity contribution in [1.29, 1.82) is 0 Å². The van der Waals surface area contributed by atoms with Gasteiger partial charge in [0.2, 0.25) is 0 Å². The van der Waals surface area contributed by atoms with Gasteiger partial charge < -0.3 is 29.7 Å². The third-order valence-corrected chi connectivity index (χ3v) is 3.00. The maximum atomic E-state index is 11.8. The Bertz CT molecular complexity index is 595. The molecule has 1 aromatic carbocycles. The average molecular weight is 341 g/mol.